The highest BCUT2D eigenvalue weighted by atomic mass is 35.5. The number of hydrogen-bond acceptors (Lipinski definition) is 4. The van der Waals surface area contributed by atoms with Crippen LogP contribution in [0.4, 0.5) is 4.39 Å². The summed E-state index contributed by atoms with van der Waals surface area (Å²) in [7, 11) is 0. The molecule has 35 heavy (non-hydrogen) atoms. The molecule has 1 saturated heterocycles. The second-order valence-corrected chi connectivity index (χ2v) is 9.82. The van der Waals surface area contributed by atoms with Crippen LogP contribution in [0.2, 0.25) is 5.02 Å². The van der Waals surface area contributed by atoms with Crippen LogP contribution in [-0.4, -0.2) is 34.3 Å². The molecule has 0 N–H and O–H groups in total. The van der Waals surface area contributed by atoms with E-state index in [9.17, 15) is 4.39 Å². The van der Waals surface area contributed by atoms with Crippen LogP contribution in [0.5, 0.6) is 11.5 Å². The Bertz CT molecular complexity index is 1360. The number of rotatable bonds is 6. The van der Waals surface area contributed by atoms with Gasteiger partial charge in [0, 0.05) is 29.6 Å². The molecule has 1 fully saturated rings. The van der Waals surface area contributed by atoms with Crippen LogP contribution in [-0.2, 0) is 19.5 Å². The van der Waals surface area contributed by atoms with Crippen molar-refractivity contribution in [2.75, 3.05) is 19.9 Å². The molecular weight excluding hydrogens is 465 g/mol. The first-order valence-electron chi connectivity index (χ1n) is 12.1. The Morgan fingerprint density at radius 3 is 2.49 bits per heavy atom. The molecule has 0 aliphatic carbocycles. The highest BCUT2D eigenvalue weighted by Crippen LogP contribution is 2.37. The number of benzene rings is 3. The van der Waals surface area contributed by atoms with E-state index in [1.807, 2.05) is 42.5 Å². The van der Waals surface area contributed by atoms with Crippen molar-refractivity contribution in [1.29, 1.82) is 0 Å². The van der Waals surface area contributed by atoms with Crippen molar-refractivity contribution in [3.05, 3.63) is 88.5 Å². The van der Waals surface area contributed by atoms with E-state index in [1.54, 1.807) is 6.07 Å². The van der Waals surface area contributed by atoms with Gasteiger partial charge in [0.15, 0.2) is 11.5 Å². The van der Waals surface area contributed by atoms with Crippen LogP contribution in [0, 0.1) is 11.7 Å². The second kappa shape index (κ2) is 9.51. The molecule has 0 radical (unpaired) electrons. The molecule has 6 rings (SSSR count). The lowest BCUT2D eigenvalue weighted by atomic mass is 9.93. The van der Waals surface area contributed by atoms with Crippen molar-refractivity contribution in [3.8, 4) is 11.5 Å². The monoisotopic (exact) mass is 491 g/mol. The fourth-order valence-electron chi connectivity index (χ4n) is 5.18. The first-order valence-corrected chi connectivity index (χ1v) is 12.5. The van der Waals surface area contributed by atoms with Crippen molar-refractivity contribution in [2.45, 2.75) is 32.4 Å². The maximum atomic E-state index is 14.4. The van der Waals surface area contributed by atoms with Crippen molar-refractivity contribution in [3.63, 3.8) is 0 Å². The quantitative estimate of drug-likeness (QED) is 0.328. The fraction of sp³-hybridized carbons (Fsp3) is 0.321. The molecule has 5 nitrogen and oxygen atoms in total. The number of piperidine rings is 1. The Morgan fingerprint density at radius 2 is 1.66 bits per heavy atom. The van der Waals surface area contributed by atoms with Crippen LogP contribution in [0.1, 0.15) is 29.8 Å². The number of imidazole rings is 1. The van der Waals surface area contributed by atoms with Crippen LogP contribution < -0.4 is 9.47 Å². The third-order valence-electron chi connectivity index (χ3n) is 7.13. The summed E-state index contributed by atoms with van der Waals surface area (Å²) in [6, 6.07) is 19.0. The van der Waals surface area contributed by atoms with E-state index in [-0.39, 0.29) is 12.6 Å². The minimum atomic E-state index is -0.174. The van der Waals surface area contributed by atoms with Gasteiger partial charge in [0.05, 0.1) is 17.6 Å². The summed E-state index contributed by atoms with van der Waals surface area (Å²) in [6.45, 7) is 3.55. The highest BCUT2D eigenvalue weighted by molar-refractivity contribution is 6.31. The number of para-hydroxylation sites is 2. The molecule has 0 spiro atoms. The number of nitrogens with zero attached hydrogens (tertiary/aromatic N) is 3. The standard InChI is InChI=1S/C28H27ClFN3O2/c29-22-15-27-26(34-18-35-27)14-21(22)16-32-11-9-19(10-12-32)13-28-31-24-7-3-4-8-25(24)33(28)17-20-5-1-2-6-23(20)30/h1-8,14-15,19H,9-13,16-18H2. The van der Waals surface area contributed by atoms with E-state index < -0.39 is 0 Å². The maximum absolute atomic E-state index is 14.4. The maximum Gasteiger partial charge on any atom is 0.231 e. The van der Waals surface area contributed by atoms with Gasteiger partial charge in [-0.05, 0) is 61.7 Å². The molecular formula is C28H27ClFN3O2. The molecule has 3 heterocycles. The summed E-state index contributed by atoms with van der Waals surface area (Å²) in [5, 5.41) is 0.721. The molecule has 0 saturated carbocycles. The highest BCUT2D eigenvalue weighted by Gasteiger charge is 2.24. The summed E-state index contributed by atoms with van der Waals surface area (Å²) in [5.41, 5.74) is 3.78. The third kappa shape index (κ3) is 4.60. The lowest BCUT2D eigenvalue weighted by molar-refractivity contribution is 0.172. The van der Waals surface area contributed by atoms with Crippen molar-refractivity contribution in [2.24, 2.45) is 5.92 Å². The molecule has 0 atom stereocenters. The number of fused-ring (bicyclic) bond motifs is 2. The molecule has 4 aromatic rings. The Hall–Kier alpha value is -3.09. The van der Waals surface area contributed by atoms with Crippen molar-refractivity contribution >= 4 is 22.6 Å². The molecule has 0 bridgehead atoms. The smallest absolute Gasteiger partial charge is 0.231 e. The van der Waals surface area contributed by atoms with Gasteiger partial charge < -0.3 is 14.0 Å². The zero-order chi connectivity index (χ0) is 23.8. The molecule has 2 aliphatic rings. The Morgan fingerprint density at radius 1 is 0.914 bits per heavy atom. The average molecular weight is 492 g/mol. The SMILES string of the molecule is Fc1ccccc1Cn1c(CC2CCN(Cc3cc4c(cc3Cl)OCO4)CC2)nc2ccccc21. The van der Waals surface area contributed by atoms with Gasteiger partial charge in [0.2, 0.25) is 6.79 Å². The van der Waals surface area contributed by atoms with Gasteiger partial charge in [-0.3, -0.25) is 4.90 Å². The molecule has 7 heteroatoms. The molecule has 0 unspecified atom stereocenters. The minimum Gasteiger partial charge on any atom is -0.454 e. The summed E-state index contributed by atoms with van der Waals surface area (Å²) < 4.78 is 27.6. The minimum absolute atomic E-state index is 0.174. The topological polar surface area (TPSA) is 39.5 Å². The molecule has 180 valence electrons. The number of likely N-dealkylation sites (tertiary alicyclic amines) is 1. The second-order valence-electron chi connectivity index (χ2n) is 9.41. The van der Waals surface area contributed by atoms with E-state index in [0.717, 1.165) is 77.8 Å². The van der Waals surface area contributed by atoms with Gasteiger partial charge in [-0.15, -0.1) is 0 Å². The summed E-state index contributed by atoms with van der Waals surface area (Å²) in [5.74, 6) is 2.89. The first-order chi connectivity index (χ1) is 17.1. The van der Waals surface area contributed by atoms with Gasteiger partial charge in [0.25, 0.3) is 0 Å². The van der Waals surface area contributed by atoms with Gasteiger partial charge in [-0.1, -0.05) is 41.9 Å². The number of aromatic nitrogens is 2. The first kappa shape index (κ1) is 22.4. The average Bonchev–Trinajstić information content (AvgIpc) is 3.46. The lowest BCUT2D eigenvalue weighted by Crippen LogP contribution is -2.34. The Labute approximate surface area is 209 Å². The lowest BCUT2D eigenvalue weighted by Gasteiger charge is -2.32. The van der Waals surface area contributed by atoms with Crippen molar-refractivity contribution in [1.82, 2.24) is 14.5 Å². The summed E-state index contributed by atoms with van der Waals surface area (Å²) >= 11 is 6.50. The Kier molecular flexibility index (Phi) is 6.08. The largest absolute Gasteiger partial charge is 0.454 e. The van der Waals surface area contributed by atoms with E-state index in [4.69, 9.17) is 26.1 Å². The van der Waals surface area contributed by atoms with Gasteiger partial charge >= 0.3 is 0 Å². The molecule has 3 aromatic carbocycles. The van der Waals surface area contributed by atoms with E-state index >= 15 is 0 Å². The predicted molar refractivity (Wildman–Crippen MR) is 135 cm³/mol. The zero-order valence-electron chi connectivity index (χ0n) is 19.4. The van der Waals surface area contributed by atoms with Gasteiger partial charge in [-0.25, -0.2) is 9.37 Å². The fourth-order valence-corrected chi connectivity index (χ4v) is 5.40. The number of halogens is 2. The van der Waals surface area contributed by atoms with E-state index in [1.165, 1.54) is 6.07 Å². The van der Waals surface area contributed by atoms with Crippen LogP contribution in [0.15, 0.2) is 60.7 Å². The normalized spacial score (nSPS) is 16.3. The van der Waals surface area contributed by atoms with Gasteiger partial charge in [0.1, 0.15) is 11.6 Å². The van der Waals surface area contributed by atoms with Crippen LogP contribution in [0.3, 0.4) is 0 Å². The zero-order valence-corrected chi connectivity index (χ0v) is 20.2. The third-order valence-corrected chi connectivity index (χ3v) is 7.49. The summed E-state index contributed by atoms with van der Waals surface area (Å²) in [4.78, 5) is 7.39. The van der Waals surface area contributed by atoms with Crippen LogP contribution >= 0.6 is 11.6 Å². The van der Waals surface area contributed by atoms with E-state index in [0.29, 0.717) is 18.0 Å². The van der Waals surface area contributed by atoms with Gasteiger partial charge in [-0.2, -0.15) is 0 Å². The van der Waals surface area contributed by atoms with E-state index in [2.05, 4.69) is 15.5 Å². The Balaban J connectivity index is 1.15. The molecule has 2 aliphatic heterocycles. The predicted octanol–water partition coefficient (Wildman–Crippen LogP) is 6.06. The number of ether oxygens (including phenoxy) is 2. The number of hydrogen-bond donors (Lipinski definition) is 0. The molecule has 0 amide bonds. The van der Waals surface area contributed by atoms with Crippen molar-refractivity contribution < 1.29 is 13.9 Å². The summed E-state index contributed by atoms with van der Waals surface area (Å²) in [6.07, 6.45) is 3.07. The molecule has 1 aromatic heterocycles. The van der Waals surface area contributed by atoms with Crippen LogP contribution in [0.25, 0.3) is 11.0 Å².